The third-order valence-electron chi connectivity index (χ3n) is 2.18. The fourth-order valence-corrected chi connectivity index (χ4v) is 2.03. The van der Waals surface area contributed by atoms with Crippen molar-refractivity contribution in [1.82, 2.24) is 0 Å². The minimum atomic E-state index is -1.66. The molecular weight excluding hydrogens is 258 g/mol. The molecule has 0 N–H and O–H groups in total. The van der Waals surface area contributed by atoms with Crippen LogP contribution in [-0.4, -0.2) is 15.4 Å². The summed E-state index contributed by atoms with van der Waals surface area (Å²) >= 11 is 17.1. The molecule has 1 aliphatic carbocycles. The summed E-state index contributed by atoms with van der Waals surface area (Å²) in [6.07, 6.45) is 3.10. The molecule has 1 unspecified atom stereocenters. The van der Waals surface area contributed by atoms with Gasteiger partial charge in [0.2, 0.25) is 3.79 Å². The molecule has 0 bridgehead atoms. The Kier molecular flexibility index (Phi) is 3.64. The summed E-state index contributed by atoms with van der Waals surface area (Å²) in [5.41, 5.74) is 0.572. The van der Waals surface area contributed by atoms with Crippen LogP contribution < -0.4 is 0 Å². The third kappa shape index (κ3) is 2.63. The van der Waals surface area contributed by atoms with Crippen molar-refractivity contribution < 1.29 is 9.59 Å². The van der Waals surface area contributed by atoms with Crippen LogP contribution in [0.4, 0.5) is 0 Å². The van der Waals surface area contributed by atoms with Crippen molar-refractivity contribution in [3.05, 3.63) is 23.3 Å². The largest absolute Gasteiger partial charge is 0.299 e. The number of carbonyl (C=O) groups excluding carboxylic acids is 2. The highest BCUT2D eigenvalue weighted by atomic mass is 35.6. The van der Waals surface area contributed by atoms with Crippen LogP contribution in [-0.2, 0) is 9.59 Å². The summed E-state index contributed by atoms with van der Waals surface area (Å²) in [6, 6.07) is 0. The Bertz CT molecular complexity index is 375. The highest BCUT2D eigenvalue weighted by molar-refractivity contribution is 6.70. The van der Waals surface area contributed by atoms with Gasteiger partial charge < -0.3 is 0 Å². The summed E-state index contributed by atoms with van der Waals surface area (Å²) in [4.78, 5) is 22.7. The summed E-state index contributed by atoms with van der Waals surface area (Å²) < 4.78 is -1.66. The first kappa shape index (κ1) is 12.8. The molecule has 1 aliphatic rings. The van der Waals surface area contributed by atoms with Gasteiger partial charge in [-0.2, -0.15) is 0 Å². The van der Waals surface area contributed by atoms with Gasteiger partial charge in [0.05, 0.1) is 5.92 Å². The number of halogens is 3. The molecule has 5 heteroatoms. The zero-order valence-electron chi connectivity index (χ0n) is 8.18. The Labute approximate surface area is 103 Å². The van der Waals surface area contributed by atoms with Gasteiger partial charge in [-0.15, -0.1) is 0 Å². The standard InChI is InChI=1S/C10H9Cl3O2/c1-5(14)7-3-4-8(10(11,12)13)9(7)6(2)15/h3-4,7H,1-2H3. The van der Waals surface area contributed by atoms with Gasteiger partial charge in [0.15, 0.2) is 5.78 Å². The number of allylic oxidation sites excluding steroid dienone is 4. The van der Waals surface area contributed by atoms with Gasteiger partial charge in [0.25, 0.3) is 0 Å². The van der Waals surface area contributed by atoms with E-state index >= 15 is 0 Å². The number of hydrogen-bond donors (Lipinski definition) is 0. The molecule has 1 rings (SSSR count). The zero-order chi connectivity index (χ0) is 11.8. The summed E-state index contributed by atoms with van der Waals surface area (Å²) in [7, 11) is 0. The molecule has 0 radical (unpaired) electrons. The maximum absolute atomic E-state index is 11.4. The second-order valence-electron chi connectivity index (χ2n) is 3.33. The van der Waals surface area contributed by atoms with E-state index in [9.17, 15) is 9.59 Å². The van der Waals surface area contributed by atoms with Crippen molar-refractivity contribution in [3.8, 4) is 0 Å². The minimum Gasteiger partial charge on any atom is -0.299 e. The van der Waals surface area contributed by atoms with E-state index in [1.807, 2.05) is 0 Å². The van der Waals surface area contributed by atoms with Crippen molar-refractivity contribution in [3.63, 3.8) is 0 Å². The number of hydrogen-bond acceptors (Lipinski definition) is 2. The van der Waals surface area contributed by atoms with Gasteiger partial charge in [0, 0.05) is 11.1 Å². The van der Waals surface area contributed by atoms with E-state index in [2.05, 4.69) is 0 Å². The number of alkyl halides is 3. The van der Waals surface area contributed by atoms with Gasteiger partial charge in [-0.3, -0.25) is 9.59 Å². The lowest BCUT2D eigenvalue weighted by Gasteiger charge is -2.15. The van der Waals surface area contributed by atoms with E-state index < -0.39 is 9.71 Å². The van der Waals surface area contributed by atoms with Gasteiger partial charge in [-0.1, -0.05) is 47.0 Å². The van der Waals surface area contributed by atoms with E-state index in [1.165, 1.54) is 19.9 Å². The second kappa shape index (κ2) is 4.28. The molecule has 0 saturated heterocycles. The van der Waals surface area contributed by atoms with Gasteiger partial charge in [0.1, 0.15) is 5.78 Å². The number of carbonyl (C=O) groups is 2. The van der Waals surface area contributed by atoms with Gasteiger partial charge in [-0.25, -0.2) is 0 Å². The van der Waals surface area contributed by atoms with Crippen LogP contribution in [0.3, 0.4) is 0 Å². The predicted molar refractivity (Wildman–Crippen MR) is 61.3 cm³/mol. The molecule has 0 saturated carbocycles. The molecule has 1 atom stereocenters. The Morgan fingerprint density at radius 1 is 1.27 bits per heavy atom. The molecule has 0 aromatic rings. The number of ketones is 2. The van der Waals surface area contributed by atoms with Crippen LogP contribution in [0.15, 0.2) is 23.3 Å². The lowest BCUT2D eigenvalue weighted by atomic mass is 9.94. The second-order valence-corrected chi connectivity index (χ2v) is 5.61. The molecule has 0 spiro atoms. The molecule has 15 heavy (non-hydrogen) atoms. The molecule has 0 aromatic heterocycles. The van der Waals surface area contributed by atoms with Crippen molar-refractivity contribution in [1.29, 1.82) is 0 Å². The summed E-state index contributed by atoms with van der Waals surface area (Å²) in [6.45, 7) is 2.76. The van der Waals surface area contributed by atoms with Crippen LogP contribution in [0.25, 0.3) is 0 Å². The van der Waals surface area contributed by atoms with Crippen LogP contribution in [0.1, 0.15) is 13.8 Å². The van der Waals surface area contributed by atoms with Crippen LogP contribution in [0.2, 0.25) is 0 Å². The topological polar surface area (TPSA) is 34.1 Å². The van der Waals surface area contributed by atoms with Crippen molar-refractivity contribution in [2.45, 2.75) is 17.6 Å². The van der Waals surface area contributed by atoms with E-state index in [0.717, 1.165) is 0 Å². The first-order valence-electron chi connectivity index (χ1n) is 4.26. The Hall–Kier alpha value is -0.310. The smallest absolute Gasteiger partial charge is 0.216 e. The molecule has 2 nitrogen and oxygen atoms in total. The molecular formula is C10H9Cl3O2. The molecule has 82 valence electrons. The number of rotatable bonds is 2. The molecule has 0 heterocycles. The van der Waals surface area contributed by atoms with Crippen molar-refractivity contribution >= 4 is 46.4 Å². The van der Waals surface area contributed by atoms with E-state index in [0.29, 0.717) is 5.57 Å². The SMILES string of the molecule is CC(=O)C1=C(C(Cl)(Cl)Cl)C=CC1C(C)=O. The monoisotopic (exact) mass is 266 g/mol. The first-order valence-corrected chi connectivity index (χ1v) is 5.39. The Morgan fingerprint density at radius 2 is 1.80 bits per heavy atom. The first-order chi connectivity index (χ1) is 6.75. The lowest BCUT2D eigenvalue weighted by Crippen LogP contribution is -2.18. The van der Waals surface area contributed by atoms with E-state index in [1.54, 1.807) is 6.08 Å². The zero-order valence-corrected chi connectivity index (χ0v) is 10.5. The minimum absolute atomic E-state index is 0.138. The molecule has 0 aliphatic heterocycles. The maximum atomic E-state index is 11.4. The van der Waals surface area contributed by atoms with Crippen molar-refractivity contribution in [2.75, 3.05) is 0 Å². The average molecular weight is 268 g/mol. The average Bonchev–Trinajstić information content (AvgIpc) is 2.45. The summed E-state index contributed by atoms with van der Waals surface area (Å²) in [5, 5.41) is 0. The van der Waals surface area contributed by atoms with E-state index in [4.69, 9.17) is 34.8 Å². The quantitative estimate of drug-likeness (QED) is 0.721. The Balaban J connectivity index is 3.26. The lowest BCUT2D eigenvalue weighted by molar-refractivity contribution is -0.121. The maximum Gasteiger partial charge on any atom is 0.216 e. The predicted octanol–water partition coefficient (Wildman–Crippen LogP) is 3.02. The van der Waals surface area contributed by atoms with Crippen LogP contribution in [0.5, 0.6) is 0 Å². The Morgan fingerprint density at radius 3 is 2.13 bits per heavy atom. The molecule has 0 aromatic carbocycles. The normalized spacial score (nSPS) is 21.0. The molecule has 0 amide bonds. The third-order valence-corrected chi connectivity index (χ3v) is 2.79. The fraction of sp³-hybridized carbons (Fsp3) is 0.400. The molecule has 0 fully saturated rings. The highest BCUT2D eigenvalue weighted by Gasteiger charge is 2.36. The highest BCUT2D eigenvalue weighted by Crippen LogP contribution is 2.42. The fourth-order valence-electron chi connectivity index (χ4n) is 1.54. The van der Waals surface area contributed by atoms with Crippen molar-refractivity contribution in [2.24, 2.45) is 5.92 Å². The van der Waals surface area contributed by atoms with Crippen LogP contribution >= 0.6 is 34.8 Å². The van der Waals surface area contributed by atoms with Crippen LogP contribution in [0, 0.1) is 5.92 Å². The van der Waals surface area contributed by atoms with E-state index in [-0.39, 0.29) is 17.1 Å². The van der Waals surface area contributed by atoms with Gasteiger partial charge >= 0.3 is 0 Å². The summed E-state index contributed by atoms with van der Waals surface area (Å²) in [5.74, 6) is -0.963. The van der Waals surface area contributed by atoms with Gasteiger partial charge in [-0.05, 0) is 13.8 Å². The number of Topliss-reactive ketones (excluding diaryl/α,β-unsaturated/α-hetero) is 2.